The van der Waals surface area contributed by atoms with Crippen molar-refractivity contribution in [2.45, 2.75) is 0 Å². The maximum Gasteiger partial charge on any atom is 0.136 e. The summed E-state index contributed by atoms with van der Waals surface area (Å²) in [5, 5.41) is 15.9. The van der Waals surface area contributed by atoms with Gasteiger partial charge in [-0.15, -0.1) is 10.2 Å². The number of benzene rings is 6. The molecule has 0 bridgehead atoms. The summed E-state index contributed by atoms with van der Waals surface area (Å²) in [7, 11) is 0. The van der Waals surface area contributed by atoms with Gasteiger partial charge in [0.05, 0.1) is 5.69 Å². The second-order valence-corrected chi connectivity index (χ2v) is 11.9. The Balaban J connectivity index is 1.43. The highest BCUT2D eigenvalue weighted by atomic mass is 16.3. The van der Waals surface area contributed by atoms with Crippen molar-refractivity contribution in [1.82, 2.24) is 20.4 Å². The van der Waals surface area contributed by atoms with E-state index in [-0.39, 0.29) is 0 Å². The lowest BCUT2D eigenvalue weighted by Crippen LogP contribution is -2.02. The van der Waals surface area contributed by atoms with E-state index >= 15 is 0 Å². The van der Waals surface area contributed by atoms with Crippen molar-refractivity contribution in [2.75, 3.05) is 0 Å². The van der Waals surface area contributed by atoms with E-state index in [2.05, 4.69) is 107 Å². The van der Waals surface area contributed by atoms with E-state index in [4.69, 9.17) is 14.5 Å². The average molecular weight is 629 g/mol. The average Bonchev–Trinajstić information content (AvgIpc) is 3.57. The zero-order chi connectivity index (χ0) is 32.6. The number of furan rings is 1. The Morgan fingerprint density at radius 3 is 1.80 bits per heavy atom. The molecule has 0 spiro atoms. The molecule has 230 valence electrons. The molecule has 9 rings (SSSR count). The Labute approximate surface area is 283 Å². The largest absolute Gasteiger partial charge is 0.456 e. The number of pyridine rings is 1. The van der Waals surface area contributed by atoms with E-state index in [1.807, 2.05) is 72.9 Å². The van der Waals surface area contributed by atoms with Gasteiger partial charge in [0, 0.05) is 44.8 Å². The van der Waals surface area contributed by atoms with Gasteiger partial charge in [-0.2, -0.15) is 0 Å². The van der Waals surface area contributed by atoms with Crippen LogP contribution in [0.4, 0.5) is 0 Å². The molecule has 49 heavy (non-hydrogen) atoms. The fourth-order valence-corrected chi connectivity index (χ4v) is 6.89. The van der Waals surface area contributed by atoms with Crippen LogP contribution in [-0.2, 0) is 0 Å². The predicted molar refractivity (Wildman–Crippen MR) is 198 cm³/mol. The Morgan fingerprint density at radius 1 is 0.388 bits per heavy atom. The number of aromatic nitrogens is 4. The molecule has 0 atom stereocenters. The van der Waals surface area contributed by atoms with Crippen LogP contribution >= 0.6 is 0 Å². The molecule has 0 radical (unpaired) electrons. The van der Waals surface area contributed by atoms with E-state index in [0.717, 1.165) is 89.1 Å². The van der Waals surface area contributed by atoms with Crippen LogP contribution < -0.4 is 0 Å². The molecule has 0 saturated carbocycles. The fourth-order valence-electron chi connectivity index (χ4n) is 6.89. The molecular formula is C44H28N4O. The van der Waals surface area contributed by atoms with Gasteiger partial charge in [-0.3, -0.25) is 4.98 Å². The number of rotatable bonds is 6. The SMILES string of the molecule is c1ccc(-c2ccc3oc4ccccc4c3c2-c2cccc(-c3nnnc(-c4ccccc4)c3-c3ccccc3)c2-c2ccccn2)cc1. The number of hydrogen-bond donors (Lipinski definition) is 0. The summed E-state index contributed by atoms with van der Waals surface area (Å²) in [6.07, 6.45) is 1.84. The molecule has 0 aliphatic rings. The maximum atomic E-state index is 6.46. The van der Waals surface area contributed by atoms with Crippen molar-refractivity contribution in [2.24, 2.45) is 0 Å². The van der Waals surface area contributed by atoms with Crippen molar-refractivity contribution < 1.29 is 4.42 Å². The normalized spacial score (nSPS) is 11.3. The van der Waals surface area contributed by atoms with E-state index < -0.39 is 0 Å². The zero-order valence-corrected chi connectivity index (χ0v) is 26.4. The molecular weight excluding hydrogens is 601 g/mol. The van der Waals surface area contributed by atoms with Crippen LogP contribution in [0.15, 0.2) is 174 Å². The molecule has 0 fully saturated rings. The summed E-state index contributed by atoms with van der Waals surface area (Å²) < 4.78 is 6.46. The van der Waals surface area contributed by atoms with Gasteiger partial charge in [0.2, 0.25) is 0 Å². The first kappa shape index (κ1) is 28.5. The smallest absolute Gasteiger partial charge is 0.136 e. The van der Waals surface area contributed by atoms with Crippen LogP contribution in [-0.4, -0.2) is 20.4 Å². The lowest BCUT2D eigenvalue weighted by molar-refractivity contribution is 0.669. The van der Waals surface area contributed by atoms with Gasteiger partial charge >= 0.3 is 0 Å². The highest BCUT2D eigenvalue weighted by molar-refractivity contribution is 6.18. The zero-order valence-electron chi connectivity index (χ0n) is 26.4. The van der Waals surface area contributed by atoms with Gasteiger partial charge in [0.15, 0.2) is 0 Å². The van der Waals surface area contributed by atoms with Crippen LogP contribution in [0.1, 0.15) is 0 Å². The second kappa shape index (κ2) is 12.1. The summed E-state index contributed by atoms with van der Waals surface area (Å²) in [5.74, 6) is 0. The van der Waals surface area contributed by atoms with E-state index in [1.54, 1.807) is 0 Å². The van der Waals surface area contributed by atoms with Crippen molar-refractivity contribution in [3.8, 4) is 67.2 Å². The molecule has 3 aromatic heterocycles. The molecule has 0 unspecified atom stereocenters. The van der Waals surface area contributed by atoms with Gasteiger partial charge in [-0.1, -0.05) is 140 Å². The summed E-state index contributed by atoms with van der Waals surface area (Å²) in [6, 6.07) is 55.9. The molecule has 9 aromatic rings. The minimum Gasteiger partial charge on any atom is -0.456 e. The van der Waals surface area contributed by atoms with Gasteiger partial charge in [-0.25, -0.2) is 0 Å². The summed E-state index contributed by atoms with van der Waals surface area (Å²) in [5.41, 5.74) is 13.0. The van der Waals surface area contributed by atoms with Gasteiger partial charge in [0.1, 0.15) is 22.6 Å². The van der Waals surface area contributed by atoms with Gasteiger partial charge < -0.3 is 4.42 Å². The quantitative estimate of drug-likeness (QED) is 0.183. The molecule has 0 amide bonds. The predicted octanol–water partition coefficient (Wildman–Crippen LogP) is 11.2. The Kier molecular flexibility index (Phi) is 7.06. The Bertz CT molecular complexity index is 2580. The summed E-state index contributed by atoms with van der Waals surface area (Å²) >= 11 is 0. The van der Waals surface area contributed by atoms with E-state index in [1.165, 1.54) is 0 Å². The third kappa shape index (κ3) is 4.96. The van der Waals surface area contributed by atoms with Crippen LogP contribution in [0.25, 0.3) is 89.1 Å². The van der Waals surface area contributed by atoms with Gasteiger partial charge in [0.25, 0.3) is 0 Å². The van der Waals surface area contributed by atoms with Crippen LogP contribution in [0, 0.1) is 0 Å². The molecule has 0 saturated heterocycles. The van der Waals surface area contributed by atoms with Crippen LogP contribution in [0.3, 0.4) is 0 Å². The Morgan fingerprint density at radius 2 is 1.04 bits per heavy atom. The third-order valence-corrected chi connectivity index (χ3v) is 9.01. The molecule has 0 aliphatic carbocycles. The molecule has 0 aliphatic heterocycles. The standard InChI is InChI=1S/C44H28N4O/c1-4-15-29(16-5-1)32-26-27-38-42(33-21-10-11-25-37(33)49-38)41(32)34-22-14-23-35(40(34)36-24-12-13-28-45-36)44-39(30-17-6-2-7-18-30)43(46-48-47-44)31-19-8-3-9-20-31/h1-28H. The maximum absolute atomic E-state index is 6.46. The summed E-state index contributed by atoms with van der Waals surface area (Å²) in [4.78, 5) is 4.95. The first-order valence-corrected chi connectivity index (χ1v) is 16.2. The third-order valence-electron chi connectivity index (χ3n) is 9.01. The first-order chi connectivity index (χ1) is 24.3. The highest BCUT2D eigenvalue weighted by Crippen LogP contribution is 2.49. The molecule has 6 aromatic carbocycles. The number of nitrogens with zero attached hydrogens (tertiary/aromatic N) is 4. The monoisotopic (exact) mass is 628 g/mol. The molecule has 5 nitrogen and oxygen atoms in total. The van der Waals surface area contributed by atoms with E-state index in [9.17, 15) is 0 Å². The Hall–Kier alpha value is -6.72. The first-order valence-electron chi connectivity index (χ1n) is 16.2. The van der Waals surface area contributed by atoms with Crippen molar-refractivity contribution in [1.29, 1.82) is 0 Å². The molecule has 3 heterocycles. The van der Waals surface area contributed by atoms with E-state index in [0.29, 0.717) is 0 Å². The van der Waals surface area contributed by atoms with Crippen LogP contribution in [0.5, 0.6) is 0 Å². The van der Waals surface area contributed by atoms with Gasteiger partial charge in [-0.05, 0) is 51.7 Å². The minimum absolute atomic E-state index is 0.730. The highest BCUT2D eigenvalue weighted by Gasteiger charge is 2.26. The molecule has 0 N–H and O–H groups in total. The van der Waals surface area contributed by atoms with Crippen molar-refractivity contribution >= 4 is 21.9 Å². The second-order valence-electron chi connectivity index (χ2n) is 11.9. The lowest BCUT2D eigenvalue weighted by atomic mass is 9.84. The molecule has 5 heteroatoms. The fraction of sp³-hybridized carbons (Fsp3) is 0. The van der Waals surface area contributed by atoms with Crippen molar-refractivity contribution in [3.63, 3.8) is 0 Å². The van der Waals surface area contributed by atoms with Crippen LogP contribution in [0.2, 0.25) is 0 Å². The minimum atomic E-state index is 0.730. The number of hydrogen-bond acceptors (Lipinski definition) is 5. The number of para-hydroxylation sites is 1. The lowest BCUT2D eigenvalue weighted by Gasteiger charge is -2.20. The van der Waals surface area contributed by atoms with Crippen molar-refractivity contribution in [3.05, 3.63) is 170 Å². The summed E-state index contributed by atoms with van der Waals surface area (Å²) in [6.45, 7) is 0. The topological polar surface area (TPSA) is 64.7 Å². The number of fused-ring (bicyclic) bond motifs is 3.